The molecule has 17 heavy (non-hydrogen) atoms. The van der Waals surface area contributed by atoms with Gasteiger partial charge in [0.25, 0.3) is 0 Å². The fraction of sp³-hybridized carbons (Fsp3) is 0.733. The first-order chi connectivity index (χ1) is 8.07. The molecule has 1 saturated heterocycles. The summed E-state index contributed by atoms with van der Waals surface area (Å²) in [4.78, 5) is 5.08. The van der Waals surface area contributed by atoms with Gasteiger partial charge in [0.1, 0.15) is 0 Å². The number of allylic oxidation sites excluding steroid dienone is 2. The van der Waals surface area contributed by atoms with E-state index in [1.54, 1.807) is 0 Å². The van der Waals surface area contributed by atoms with Gasteiger partial charge in [-0.2, -0.15) is 0 Å². The smallest absolute Gasteiger partial charge is 0.0165 e. The third-order valence-corrected chi connectivity index (χ3v) is 3.97. The van der Waals surface area contributed by atoms with Crippen molar-refractivity contribution in [3.05, 3.63) is 24.3 Å². The van der Waals surface area contributed by atoms with Crippen molar-refractivity contribution < 1.29 is 0 Å². The molecule has 1 aliphatic carbocycles. The number of hydrogen-bond acceptors (Lipinski definition) is 2. The van der Waals surface area contributed by atoms with Gasteiger partial charge in [-0.25, -0.2) is 0 Å². The Hall–Kier alpha value is -0.600. The number of hydrogen-bond donors (Lipinski definition) is 0. The molecule has 0 radical (unpaired) electrons. The highest BCUT2D eigenvalue weighted by molar-refractivity contribution is 5.11. The van der Waals surface area contributed by atoms with Crippen LogP contribution in [0.2, 0.25) is 0 Å². The normalized spacial score (nSPS) is 31.7. The highest BCUT2D eigenvalue weighted by Crippen LogP contribution is 2.24. The summed E-state index contributed by atoms with van der Waals surface area (Å²) in [5, 5.41) is 0. The largest absolute Gasteiger partial charge is 0.304 e. The quantitative estimate of drug-likeness (QED) is 0.643. The summed E-state index contributed by atoms with van der Waals surface area (Å²) >= 11 is 0. The molecule has 0 aromatic carbocycles. The van der Waals surface area contributed by atoms with E-state index in [2.05, 4.69) is 55.0 Å². The highest BCUT2D eigenvalue weighted by Gasteiger charge is 2.22. The minimum Gasteiger partial charge on any atom is -0.304 e. The molecule has 96 valence electrons. The topological polar surface area (TPSA) is 6.48 Å². The summed E-state index contributed by atoms with van der Waals surface area (Å²) in [5.74, 6) is 0. The maximum absolute atomic E-state index is 2.66. The molecule has 0 spiro atoms. The van der Waals surface area contributed by atoms with Gasteiger partial charge in [-0.1, -0.05) is 38.2 Å². The number of rotatable bonds is 1. The number of piperazine rings is 1. The Bertz CT molecular complexity index is 278. The lowest BCUT2D eigenvalue weighted by Gasteiger charge is -2.38. The Morgan fingerprint density at radius 2 is 1.47 bits per heavy atom. The third-order valence-electron chi connectivity index (χ3n) is 3.97. The third kappa shape index (κ3) is 3.68. The lowest BCUT2D eigenvalue weighted by atomic mass is 9.88. The van der Waals surface area contributed by atoms with Gasteiger partial charge in [-0.15, -0.1) is 0 Å². The molecule has 2 nitrogen and oxygen atoms in total. The molecule has 1 fully saturated rings. The first kappa shape index (κ1) is 12.8. The van der Waals surface area contributed by atoms with E-state index in [1.807, 2.05) is 0 Å². The molecule has 2 rings (SSSR count). The zero-order valence-electron chi connectivity index (χ0n) is 11.5. The molecule has 2 heteroatoms. The van der Waals surface area contributed by atoms with E-state index in [-0.39, 0.29) is 5.41 Å². The first-order valence-corrected chi connectivity index (χ1v) is 6.85. The Labute approximate surface area is 106 Å². The average molecular weight is 234 g/mol. The maximum Gasteiger partial charge on any atom is 0.0165 e. The molecule has 2 aliphatic rings. The van der Waals surface area contributed by atoms with Crippen molar-refractivity contribution >= 4 is 0 Å². The minimum atomic E-state index is 0.243. The fourth-order valence-corrected chi connectivity index (χ4v) is 2.69. The summed E-state index contributed by atoms with van der Waals surface area (Å²) in [7, 11) is 2.22. The molecule has 0 aromatic heterocycles. The van der Waals surface area contributed by atoms with Gasteiger partial charge in [0.15, 0.2) is 0 Å². The van der Waals surface area contributed by atoms with Crippen molar-refractivity contribution in [1.29, 1.82) is 0 Å². The molecule has 0 unspecified atom stereocenters. The van der Waals surface area contributed by atoms with Crippen LogP contribution in [-0.2, 0) is 0 Å². The Kier molecular flexibility index (Phi) is 4.05. The molecule has 0 N–H and O–H groups in total. The molecule has 0 amide bonds. The molecule has 1 heterocycles. The van der Waals surface area contributed by atoms with Crippen LogP contribution in [0.25, 0.3) is 0 Å². The van der Waals surface area contributed by atoms with E-state index in [0.29, 0.717) is 6.04 Å². The van der Waals surface area contributed by atoms with Crippen LogP contribution >= 0.6 is 0 Å². The molecule has 1 aliphatic heterocycles. The SMILES string of the molecule is CN1CCN(C2C/C=C\C(C)(C)/C=C\C2)CC1. The van der Waals surface area contributed by atoms with Crippen LogP contribution in [0.5, 0.6) is 0 Å². The van der Waals surface area contributed by atoms with Crippen LogP contribution in [0.3, 0.4) is 0 Å². The predicted octanol–water partition coefficient (Wildman–Crippen LogP) is 2.53. The van der Waals surface area contributed by atoms with Gasteiger partial charge in [0.05, 0.1) is 0 Å². The second kappa shape index (κ2) is 5.36. The summed E-state index contributed by atoms with van der Waals surface area (Å²) in [5.41, 5.74) is 0.243. The van der Waals surface area contributed by atoms with Crippen LogP contribution in [-0.4, -0.2) is 49.1 Å². The Morgan fingerprint density at radius 1 is 0.941 bits per heavy atom. The second-order valence-electron chi connectivity index (χ2n) is 6.09. The molecule has 0 saturated carbocycles. The Morgan fingerprint density at radius 3 is 2.00 bits per heavy atom. The zero-order valence-corrected chi connectivity index (χ0v) is 11.5. The Balaban J connectivity index is 1.93. The van der Waals surface area contributed by atoms with Gasteiger partial charge in [0, 0.05) is 37.6 Å². The van der Waals surface area contributed by atoms with Crippen molar-refractivity contribution in [2.75, 3.05) is 33.2 Å². The van der Waals surface area contributed by atoms with Crippen LogP contribution in [0.1, 0.15) is 26.7 Å². The summed E-state index contributed by atoms with van der Waals surface area (Å²) in [6, 6.07) is 0.715. The van der Waals surface area contributed by atoms with Gasteiger partial charge in [-0.05, 0) is 19.9 Å². The maximum atomic E-state index is 2.66. The summed E-state index contributed by atoms with van der Waals surface area (Å²) in [6.07, 6.45) is 11.9. The predicted molar refractivity (Wildman–Crippen MR) is 74.2 cm³/mol. The highest BCUT2D eigenvalue weighted by atomic mass is 15.3. The first-order valence-electron chi connectivity index (χ1n) is 6.85. The average Bonchev–Trinajstić information content (AvgIpc) is 2.25. The van der Waals surface area contributed by atoms with E-state index in [1.165, 1.54) is 39.0 Å². The van der Waals surface area contributed by atoms with E-state index in [9.17, 15) is 0 Å². The summed E-state index contributed by atoms with van der Waals surface area (Å²) < 4.78 is 0. The summed E-state index contributed by atoms with van der Waals surface area (Å²) in [6.45, 7) is 9.44. The van der Waals surface area contributed by atoms with Crippen LogP contribution < -0.4 is 0 Å². The van der Waals surface area contributed by atoms with Crippen molar-refractivity contribution in [1.82, 2.24) is 9.80 Å². The molecule has 0 aromatic rings. The fourth-order valence-electron chi connectivity index (χ4n) is 2.69. The van der Waals surface area contributed by atoms with E-state index >= 15 is 0 Å². The minimum absolute atomic E-state index is 0.243. The van der Waals surface area contributed by atoms with Crippen molar-refractivity contribution in [3.8, 4) is 0 Å². The van der Waals surface area contributed by atoms with Gasteiger partial charge in [-0.3, -0.25) is 4.90 Å². The van der Waals surface area contributed by atoms with Gasteiger partial charge < -0.3 is 4.90 Å². The lowest BCUT2D eigenvalue weighted by Crippen LogP contribution is -2.48. The second-order valence-corrected chi connectivity index (χ2v) is 6.09. The number of nitrogens with zero attached hydrogens (tertiary/aromatic N) is 2. The van der Waals surface area contributed by atoms with Crippen LogP contribution in [0, 0.1) is 5.41 Å². The molecule has 0 atom stereocenters. The van der Waals surface area contributed by atoms with Crippen molar-refractivity contribution in [2.24, 2.45) is 5.41 Å². The monoisotopic (exact) mass is 234 g/mol. The van der Waals surface area contributed by atoms with Crippen LogP contribution in [0.4, 0.5) is 0 Å². The van der Waals surface area contributed by atoms with Crippen molar-refractivity contribution in [2.45, 2.75) is 32.7 Å². The van der Waals surface area contributed by atoms with Crippen LogP contribution in [0.15, 0.2) is 24.3 Å². The van der Waals surface area contributed by atoms with E-state index < -0.39 is 0 Å². The van der Waals surface area contributed by atoms with Gasteiger partial charge in [0.2, 0.25) is 0 Å². The molecular weight excluding hydrogens is 208 g/mol. The van der Waals surface area contributed by atoms with Crippen molar-refractivity contribution in [3.63, 3.8) is 0 Å². The molecule has 0 bridgehead atoms. The van der Waals surface area contributed by atoms with Gasteiger partial charge >= 0.3 is 0 Å². The standard InChI is InChI=1S/C15H26N2/c1-15(2)8-4-6-14(7-5-9-15)17-12-10-16(3)11-13-17/h4-5,8-9,14H,6-7,10-13H2,1-3H3/b8-4-,9-5-. The lowest BCUT2D eigenvalue weighted by molar-refractivity contribution is 0.112. The molecular formula is C15H26N2. The van der Waals surface area contributed by atoms with E-state index in [0.717, 1.165) is 0 Å². The zero-order chi connectivity index (χ0) is 12.3. The van der Waals surface area contributed by atoms with E-state index in [4.69, 9.17) is 0 Å². The number of likely N-dealkylation sites (N-methyl/N-ethyl adjacent to an activating group) is 1.